The van der Waals surface area contributed by atoms with Crippen molar-refractivity contribution >= 4 is 27.8 Å². The van der Waals surface area contributed by atoms with Gasteiger partial charge in [-0.05, 0) is 143 Å². The molecule has 0 N–H and O–H groups in total. The largest absolute Gasteiger partial charge is 0.311 e. The number of fused-ring (bicyclic) bond motifs is 1. The van der Waals surface area contributed by atoms with E-state index in [4.69, 9.17) is 0 Å². The van der Waals surface area contributed by atoms with Crippen molar-refractivity contribution in [2.45, 2.75) is 0 Å². The van der Waals surface area contributed by atoms with Crippen molar-refractivity contribution in [2.24, 2.45) is 0 Å². The van der Waals surface area contributed by atoms with E-state index in [1.807, 2.05) is 0 Å². The van der Waals surface area contributed by atoms with Crippen molar-refractivity contribution in [2.75, 3.05) is 4.90 Å². The van der Waals surface area contributed by atoms with E-state index < -0.39 is 0 Å². The van der Waals surface area contributed by atoms with Gasteiger partial charge >= 0.3 is 0 Å². The van der Waals surface area contributed by atoms with E-state index in [1.165, 1.54) is 88.7 Å². The highest BCUT2D eigenvalue weighted by molar-refractivity contribution is 5.88. The zero-order valence-electron chi connectivity index (χ0n) is 35.9. The van der Waals surface area contributed by atoms with Crippen LogP contribution in [0.2, 0.25) is 0 Å². The highest BCUT2D eigenvalue weighted by Gasteiger charge is 2.15. The summed E-state index contributed by atoms with van der Waals surface area (Å²) in [6.45, 7) is 0. The van der Waals surface area contributed by atoms with Crippen LogP contribution in [-0.2, 0) is 0 Å². The number of benzene rings is 11. The molecule has 0 fully saturated rings. The summed E-state index contributed by atoms with van der Waals surface area (Å²) in [5.74, 6) is 0. The number of anilines is 3. The van der Waals surface area contributed by atoms with Gasteiger partial charge in [0.2, 0.25) is 0 Å². The third-order valence-electron chi connectivity index (χ3n) is 12.5. The smallest absolute Gasteiger partial charge is 0.0462 e. The Hall–Kier alpha value is -8.52. The molecule has 0 radical (unpaired) electrons. The van der Waals surface area contributed by atoms with Crippen molar-refractivity contribution in [3.05, 3.63) is 273 Å². The summed E-state index contributed by atoms with van der Waals surface area (Å²) in [7, 11) is 0. The van der Waals surface area contributed by atoms with E-state index in [0.29, 0.717) is 0 Å². The molecule has 0 amide bonds. The Morgan fingerprint density at radius 3 is 0.800 bits per heavy atom. The van der Waals surface area contributed by atoms with Gasteiger partial charge in [-0.2, -0.15) is 0 Å². The molecule has 0 unspecified atom stereocenters. The van der Waals surface area contributed by atoms with Crippen LogP contribution in [0.4, 0.5) is 17.1 Å². The molecule has 0 aliphatic heterocycles. The van der Waals surface area contributed by atoms with Crippen LogP contribution >= 0.6 is 0 Å². The van der Waals surface area contributed by atoms with Gasteiger partial charge in [-0.1, -0.05) is 218 Å². The summed E-state index contributed by atoms with van der Waals surface area (Å²) in [5, 5.41) is 2.52. The summed E-state index contributed by atoms with van der Waals surface area (Å²) < 4.78 is 0. The van der Waals surface area contributed by atoms with Crippen LogP contribution in [0.25, 0.3) is 88.7 Å². The van der Waals surface area contributed by atoms with Gasteiger partial charge in [-0.15, -0.1) is 0 Å². The standard InChI is InChI=1S/C64H45N/c1-3-11-46(12-4-1)49-21-23-50(24-22-49)52-31-37-62(38-32-52)65(64-41-35-55(36-42-64)58-18-9-17-57(43-58)47-13-5-2-6-14-47)63-39-33-53(34-40-63)51-25-27-54(28-26-51)59-19-10-20-60(44-59)61-30-29-48-15-7-8-16-56(48)45-61/h1-45H. The van der Waals surface area contributed by atoms with E-state index in [2.05, 4.69) is 278 Å². The van der Waals surface area contributed by atoms with Gasteiger partial charge in [0, 0.05) is 17.1 Å². The lowest BCUT2D eigenvalue weighted by molar-refractivity contribution is 1.28. The predicted molar refractivity (Wildman–Crippen MR) is 277 cm³/mol. The van der Waals surface area contributed by atoms with E-state index in [1.54, 1.807) is 0 Å². The minimum Gasteiger partial charge on any atom is -0.311 e. The highest BCUT2D eigenvalue weighted by Crippen LogP contribution is 2.39. The first-order valence-corrected chi connectivity index (χ1v) is 22.3. The SMILES string of the molecule is c1ccc(-c2ccc(-c3ccc(N(c4ccc(-c5ccc(-c6cccc(-c7ccc8ccccc8c7)c6)cc5)cc4)c4ccc(-c5cccc(-c6ccccc6)c5)cc4)cc3)cc2)cc1. The normalized spacial score (nSPS) is 11.1. The fraction of sp³-hybridized carbons (Fsp3) is 0. The van der Waals surface area contributed by atoms with Crippen LogP contribution in [0.5, 0.6) is 0 Å². The molecule has 0 saturated carbocycles. The van der Waals surface area contributed by atoms with Gasteiger partial charge in [0.15, 0.2) is 0 Å². The lowest BCUT2D eigenvalue weighted by Crippen LogP contribution is -2.09. The van der Waals surface area contributed by atoms with Gasteiger partial charge in [0.05, 0.1) is 0 Å². The molecule has 11 rings (SSSR count). The molecule has 11 aromatic rings. The summed E-state index contributed by atoms with van der Waals surface area (Å²) in [5.41, 5.74) is 20.1. The predicted octanol–water partition coefficient (Wildman–Crippen LogP) is 18.0. The van der Waals surface area contributed by atoms with Crippen LogP contribution in [0, 0.1) is 0 Å². The molecular formula is C64H45N. The van der Waals surface area contributed by atoms with Crippen LogP contribution < -0.4 is 4.90 Å². The maximum absolute atomic E-state index is 2.35. The fourth-order valence-corrected chi connectivity index (χ4v) is 8.95. The van der Waals surface area contributed by atoms with Crippen LogP contribution in [0.1, 0.15) is 0 Å². The maximum atomic E-state index is 2.35. The lowest BCUT2D eigenvalue weighted by Gasteiger charge is -2.26. The number of nitrogens with zero attached hydrogens (tertiary/aromatic N) is 1. The van der Waals surface area contributed by atoms with Crippen molar-refractivity contribution < 1.29 is 0 Å². The van der Waals surface area contributed by atoms with Crippen molar-refractivity contribution in [3.8, 4) is 77.9 Å². The Labute approximate surface area is 381 Å². The first-order valence-electron chi connectivity index (χ1n) is 22.3. The third-order valence-corrected chi connectivity index (χ3v) is 12.5. The minimum absolute atomic E-state index is 1.09. The van der Waals surface area contributed by atoms with Gasteiger partial charge in [0.25, 0.3) is 0 Å². The molecule has 1 heteroatoms. The molecule has 0 atom stereocenters. The van der Waals surface area contributed by atoms with Crippen molar-refractivity contribution in [3.63, 3.8) is 0 Å². The second kappa shape index (κ2) is 17.7. The Bertz CT molecular complexity index is 3350. The monoisotopic (exact) mass is 827 g/mol. The molecule has 306 valence electrons. The molecule has 0 saturated heterocycles. The first kappa shape index (κ1) is 39.3. The second-order valence-corrected chi connectivity index (χ2v) is 16.6. The summed E-state index contributed by atoms with van der Waals surface area (Å²) in [6.07, 6.45) is 0. The molecule has 0 heterocycles. The molecule has 1 nitrogen and oxygen atoms in total. The van der Waals surface area contributed by atoms with Crippen molar-refractivity contribution in [1.29, 1.82) is 0 Å². The number of hydrogen-bond donors (Lipinski definition) is 0. The molecule has 11 aromatic carbocycles. The highest BCUT2D eigenvalue weighted by atomic mass is 15.1. The average molecular weight is 828 g/mol. The molecule has 0 aromatic heterocycles. The first-order chi connectivity index (χ1) is 32.2. The zero-order valence-corrected chi connectivity index (χ0v) is 35.9. The number of rotatable bonds is 10. The van der Waals surface area contributed by atoms with Crippen LogP contribution in [-0.4, -0.2) is 0 Å². The molecule has 0 aliphatic carbocycles. The minimum atomic E-state index is 1.09. The third kappa shape index (κ3) is 8.40. The Balaban J connectivity index is 0.880. The zero-order chi connectivity index (χ0) is 43.4. The summed E-state index contributed by atoms with van der Waals surface area (Å²) in [4.78, 5) is 2.35. The van der Waals surface area contributed by atoms with E-state index in [0.717, 1.165) is 17.1 Å². The van der Waals surface area contributed by atoms with Crippen molar-refractivity contribution in [1.82, 2.24) is 0 Å². The Kier molecular flexibility index (Phi) is 10.7. The summed E-state index contributed by atoms with van der Waals surface area (Å²) >= 11 is 0. The van der Waals surface area contributed by atoms with Crippen LogP contribution in [0.3, 0.4) is 0 Å². The van der Waals surface area contributed by atoms with Crippen LogP contribution in [0.15, 0.2) is 273 Å². The molecule has 0 bridgehead atoms. The quantitative estimate of drug-likeness (QED) is 0.133. The lowest BCUT2D eigenvalue weighted by atomic mass is 9.96. The topological polar surface area (TPSA) is 3.24 Å². The Morgan fingerprint density at radius 1 is 0.154 bits per heavy atom. The molecule has 65 heavy (non-hydrogen) atoms. The van der Waals surface area contributed by atoms with Gasteiger partial charge in [0.1, 0.15) is 0 Å². The van der Waals surface area contributed by atoms with E-state index >= 15 is 0 Å². The Morgan fingerprint density at radius 2 is 0.400 bits per heavy atom. The van der Waals surface area contributed by atoms with Gasteiger partial charge in [-0.3, -0.25) is 0 Å². The van der Waals surface area contributed by atoms with Gasteiger partial charge < -0.3 is 4.90 Å². The maximum Gasteiger partial charge on any atom is 0.0462 e. The molecular weight excluding hydrogens is 783 g/mol. The fourth-order valence-electron chi connectivity index (χ4n) is 8.95. The average Bonchev–Trinajstić information content (AvgIpc) is 3.40. The molecule has 0 aliphatic rings. The summed E-state index contributed by atoms with van der Waals surface area (Å²) in [6, 6.07) is 98.7. The van der Waals surface area contributed by atoms with E-state index in [-0.39, 0.29) is 0 Å². The van der Waals surface area contributed by atoms with E-state index in [9.17, 15) is 0 Å². The molecule has 0 spiro atoms. The second-order valence-electron chi connectivity index (χ2n) is 16.6. The number of hydrogen-bond acceptors (Lipinski definition) is 1. The van der Waals surface area contributed by atoms with Gasteiger partial charge in [-0.25, -0.2) is 0 Å².